The second-order valence-electron chi connectivity index (χ2n) is 4.24. The van der Waals surface area contributed by atoms with Gasteiger partial charge in [0.25, 0.3) is 0 Å². The number of rotatable bonds is 6. The van der Waals surface area contributed by atoms with E-state index in [1.54, 1.807) is 6.33 Å². The van der Waals surface area contributed by atoms with E-state index in [0.29, 0.717) is 11.5 Å². The number of nitrogens with one attached hydrogen (secondary N) is 1. The fourth-order valence-electron chi connectivity index (χ4n) is 2.09. The van der Waals surface area contributed by atoms with E-state index in [0.717, 1.165) is 52.1 Å². The standard InChI is InChI=1S/C11H19N5O2/c12-14-11-10(8-17)16(9-13-11)3-1-2-15-4-6-18-7-5-15/h8-9,14H,1-7,12H2. The maximum Gasteiger partial charge on any atom is 0.170 e. The Hall–Kier alpha value is -1.44. The van der Waals surface area contributed by atoms with Crippen LogP contribution in [0.2, 0.25) is 0 Å². The number of hydrogen-bond donors (Lipinski definition) is 2. The molecule has 0 amide bonds. The zero-order valence-corrected chi connectivity index (χ0v) is 10.3. The first-order valence-corrected chi connectivity index (χ1v) is 6.12. The molecular weight excluding hydrogens is 234 g/mol. The molecule has 0 saturated carbocycles. The molecule has 0 atom stereocenters. The average Bonchev–Trinajstić information content (AvgIpc) is 2.82. The van der Waals surface area contributed by atoms with Gasteiger partial charge in [-0.25, -0.2) is 10.8 Å². The Morgan fingerprint density at radius 2 is 2.22 bits per heavy atom. The normalized spacial score (nSPS) is 16.7. The molecule has 1 aromatic heterocycles. The van der Waals surface area contributed by atoms with Gasteiger partial charge in [0, 0.05) is 26.2 Å². The van der Waals surface area contributed by atoms with Crippen molar-refractivity contribution in [1.29, 1.82) is 0 Å². The van der Waals surface area contributed by atoms with Crippen molar-refractivity contribution in [2.24, 2.45) is 5.84 Å². The fraction of sp³-hybridized carbons (Fsp3) is 0.636. The van der Waals surface area contributed by atoms with Gasteiger partial charge in [-0.15, -0.1) is 0 Å². The number of aromatic nitrogens is 2. The second kappa shape index (κ2) is 6.48. The number of aldehydes is 1. The summed E-state index contributed by atoms with van der Waals surface area (Å²) in [7, 11) is 0. The van der Waals surface area contributed by atoms with Gasteiger partial charge in [0.15, 0.2) is 12.1 Å². The molecule has 7 heteroatoms. The molecule has 18 heavy (non-hydrogen) atoms. The number of aryl methyl sites for hydroxylation is 1. The van der Waals surface area contributed by atoms with E-state index in [1.807, 2.05) is 4.57 Å². The molecule has 0 spiro atoms. The third kappa shape index (κ3) is 3.06. The Balaban J connectivity index is 1.82. The van der Waals surface area contributed by atoms with Crippen molar-refractivity contribution in [1.82, 2.24) is 14.5 Å². The highest BCUT2D eigenvalue weighted by atomic mass is 16.5. The molecule has 100 valence electrons. The summed E-state index contributed by atoms with van der Waals surface area (Å²) >= 11 is 0. The molecule has 0 aliphatic carbocycles. The summed E-state index contributed by atoms with van der Waals surface area (Å²) in [5, 5.41) is 0. The summed E-state index contributed by atoms with van der Waals surface area (Å²) in [5.41, 5.74) is 2.92. The molecule has 1 fully saturated rings. The van der Waals surface area contributed by atoms with E-state index in [2.05, 4.69) is 15.3 Å². The van der Waals surface area contributed by atoms with Gasteiger partial charge >= 0.3 is 0 Å². The summed E-state index contributed by atoms with van der Waals surface area (Å²) in [6.45, 7) is 5.36. The molecule has 1 aliphatic rings. The van der Waals surface area contributed by atoms with Crippen molar-refractivity contribution in [3.8, 4) is 0 Å². The van der Waals surface area contributed by atoms with Crippen LogP contribution in [-0.4, -0.2) is 53.6 Å². The topological polar surface area (TPSA) is 85.4 Å². The minimum Gasteiger partial charge on any atom is -0.379 e. The van der Waals surface area contributed by atoms with Gasteiger partial charge in [-0.1, -0.05) is 0 Å². The predicted molar refractivity (Wildman–Crippen MR) is 67.3 cm³/mol. The number of imidazole rings is 1. The highest BCUT2D eigenvalue weighted by Crippen LogP contribution is 2.10. The monoisotopic (exact) mass is 253 g/mol. The van der Waals surface area contributed by atoms with Crippen molar-refractivity contribution in [2.75, 3.05) is 38.3 Å². The van der Waals surface area contributed by atoms with E-state index in [4.69, 9.17) is 10.6 Å². The molecule has 1 saturated heterocycles. The number of nitrogens with two attached hydrogens (primary N) is 1. The molecular formula is C11H19N5O2. The third-order valence-electron chi connectivity index (χ3n) is 3.10. The van der Waals surface area contributed by atoms with Gasteiger partial charge < -0.3 is 14.7 Å². The number of morpholine rings is 1. The van der Waals surface area contributed by atoms with E-state index in [-0.39, 0.29) is 0 Å². The Morgan fingerprint density at radius 1 is 1.44 bits per heavy atom. The molecule has 2 heterocycles. The van der Waals surface area contributed by atoms with Gasteiger partial charge in [0.1, 0.15) is 5.69 Å². The van der Waals surface area contributed by atoms with Crippen LogP contribution in [0.25, 0.3) is 0 Å². The lowest BCUT2D eigenvalue weighted by atomic mass is 10.3. The zero-order valence-electron chi connectivity index (χ0n) is 10.3. The number of carbonyl (C=O) groups excluding carboxylic acids is 1. The van der Waals surface area contributed by atoms with Crippen LogP contribution in [0.1, 0.15) is 16.9 Å². The first-order chi connectivity index (χ1) is 8.85. The number of ether oxygens (including phenoxy) is 1. The van der Waals surface area contributed by atoms with Crippen LogP contribution in [0.3, 0.4) is 0 Å². The maximum atomic E-state index is 10.9. The fourth-order valence-corrected chi connectivity index (χ4v) is 2.09. The number of nitrogens with zero attached hydrogens (tertiary/aromatic N) is 3. The Morgan fingerprint density at radius 3 is 2.89 bits per heavy atom. The number of hydrogen-bond acceptors (Lipinski definition) is 6. The van der Waals surface area contributed by atoms with Crippen molar-refractivity contribution in [3.05, 3.63) is 12.0 Å². The molecule has 3 N–H and O–H groups in total. The van der Waals surface area contributed by atoms with E-state index >= 15 is 0 Å². The first-order valence-electron chi connectivity index (χ1n) is 6.12. The van der Waals surface area contributed by atoms with Crippen LogP contribution in [0.4, 0.5) is 5.82 Å². The summed E-state index contributed by atoms with van der Waals surface area (Å²) in [5.74, 6) is 5.71. The average molecular weight is 253 g/mol. The number of nitrogen functional groups attached to an aromatic ring is 1. The van der Waals surface area contributed by atoms with Gasteiger partial charge in [0.2, 0.25) is 0 Å². The van der Waals surface area contributed by atoms with Crippen molar-refractivity contribution in [3.63, 3.8) is 0 Å². The number of anilines is 1. The van der Waals surface area contributed by atoms with Crippen molar-refractivity contribution < 1.29 is 9.53 Å². The molecule has 0 bridgehead atoms. The highest BCUT2D eigenvalue weighted by molar-refractivity contribution is 5.80. The van der Waals surface area contributed by atoms with Crippen LogP contribution in [0.5, 0.6) is 0 Å². The van der Waals surface area contributed by atoms with Crippen LogP contribution >= 0.6 is 0 Å². The lowest BCUT2D eigenvalue weighted by Gasteiger charge is -2.26. The molecule has 0 aromatic carbocycles. The Kier molecular flexibility index (Phi) is 4.68. The van der Waals surface area contributed by atoms with E-state index in [9.17, 15) is 4.79 Å². The van der Waals surface area contributed by atoms with Crippen LogP contribution in [0, 0.1) is 0 Å². The summed E-state index contributed by atoms with van der Waals surface area (Å²) in [6.07, 6.45) is 3.39. The Labute approximate surface area is 106 Å². The third-order valence-corrected chi connectivity index (χ3v) is 3.10. The zero-order chi connectivity index (χ0) is 12.8. The van der Waals surface area contributed by atoms with Gasteiger partial charge in [-0.2, -0.15) is 0 Å². The van der Waals surface area contributed by atoms with Crippen molar-refractivity contribution in [2.45, 2.75) is 13.0 Å². The lowest BCUT2D eigenvalue weighted by molar-refractivity contribution is 0.0369. The van der Waals surface area contributed by atoms with Gasteiger partial charge in [-0.05, 0) is 6.42 Å². The molecule has 1 aliphatic heterocycles. The number of hydrazine groups is 1. The van der Waals surface area contributed by atoms with Crippen LogP contribution in [-0.2, 0) is 11.3 Å². The van der Waals surface area contributed by atoms with E-state index < -0.39 is 0 Å². The summed E-state index contributed by atoms with van der Waals surface area (Å²) in [4.78, 5) is 17.3. The van der Waals surface area contributed by atoms with Crippen molar-refractivity contribution >= 4 is 12.1 Å². The quantitative estimate of drug-likeness (QED) is 0.411. The van der Waals surface area contributed by atoms with Gasteiger partial charge in [-0.3, -0.25) is 9.69 Å². The first kappa shape index (κ1) is 13.0. The smallest absolute Gasteiger partial charge is 0.170 e. The molecule has 1 aromatic rings. The maximum absolute atomic E-state index is 10.9. The van der Waals surface area contributed by atoms with E-state index in [1.165, 1.54) is 0 Å². The van der Waals surface area contributed by atoms with Crippen LogP contribution in [0.15, 0.2) is 6.33 Å². The van der Waals surface area contributed by atoms with Crippen LogP contribution < -0.4 is 11.3 Å². The largest absolute Gasteiger partial charge is 0.379 e. The highest BCUT2D eigenvalue weighted by Gasteiger charge is 2.11. The predicted octanol–water partition coefficient (Wildman–Crippen LogP) is -0.296. The molecule has 2 rings (SSSR count). The molecule has 0 radical (unpaired) electrons. The minimum absolute atomic E-state index is 0.427. The summed E-state index contributed by atoms with van der Waals surface area (Å²) < 4.78 is 7.12. The Bertz CT molecular complexity index is 387. The lowest BCUT2D eigenvalue weighted by Crippen LogP contribution is -2.37. The molecule has 7 nitrogen and oxygen atoms in total. The molecule has 0 unspecified atom stereocenters. The number of carbonyl (C=O) groups is 1. The second-order valence-corrected chi connectivity index (χ2v) is 4.24. The summed E-state index contributed by atoms with van der Waals surface area (Å²) in [6, 6.07) is 0. The SMILES string of the molecule is NNc1ncn(CCCN2CCOCC2)c1C=O. The minimum atomic E-state index is 0.427. The van der Waals surface area contributed by atoms with Gasteiger partial charge in [0.05, 0.1) is 19.5 Å².